The van der Waals surface area contributed by atoms with Crippen LogP contribution >= 0.6 is 11.8 Å². The topological polar surface area (TPSA) is 33.7 Å². The lowest BCUT2D eigenvalue weighted by Crippen LogP contribution is -2.47. The number of methoxy groups -OCH3 is 1. The molecule has 4 rings (SSSR count). The fourth-order valence-corrected chi connectivity index (χ4v) is 5.63. The van der Waals surface area contributed by atoms with Gasteiger partial charge in [-0.05, 0) is 56.8 Å². The molecule has 0 bridgehead atoms. The average molecular weight is 334 g/mol. The third kappa shape index (κ3) is 3.06. The first-order chi connectivity index (χ1) is 11.4. The molecule has 1 N–H and O–H groups in total. The Morgan fingerprint density at radius 1 is 1.17 bits per heavy atom. The first-order valence-corrected chi connectivity index (χ1v) is 9.66. The molecule has 3 heterocycles. The highest BCUT2D eigenvalue weighted by atomic mass is 32.2. The van der Waals surface area contributed by atoms with Gasteiger partial charge in [-0.25, -0.2) is 0 Å². The largest absolute Gasteiger partial charge is 0.497 e. The zero-order valence-corrected chi connectivity index (χ0v) is 14.6. The zero-order valence-electron chi connectivity index (χ0n) is 13.8. The molecular weight excluding hydrogens is 308 g/mol. The lowest BCUT2D eigenvalue weighted by molar-refractivity contribution is 0.0828. The van der Waals surface area contributed by atoms with Crippen LogP contribution in [-0.4, -0.2) is 44.8 Å². The third-order valence-electron chi connectivity index (χ3n) is 5.34. The number of piperidine rings is 1. The molecule has 1 unspecified atom stereocenters. The molecule has 0 radical (unpaired) electrons. The van der Waals surface area contributed by atoms with Crippen molar-refractivity contribution in [1.82, 2.24) is 5.32 Å². The van der Waals surface area contributed by atoms with E-state index in [2.05, 4.69) is 40.2 Å². The van der Waals surface area contributed by atoms with Crippen molar-refractivity contribution in [3.05, 3.63) is 18.2 Å². The molecule has 0 amide bonds. The van der Waals surface area contributed by atoms with Gasteiger partial charge in [0.05, 0.1) is 18.2 Å². The van der Waals surface area contributed by atoms with Gasteiger partial charge in [0.1, 0.15) is 5.75 Å². The van der Waals surface area contributed by atoms with Crippen LogP contribution < -0.4 is 15.0 Å². The van der Waals surface area contributed by atoms with E-state index in [-0.39, 0.29) is 0 Å². The zero-order chi connectivity index (χ0) is 15.6. The van der Waals surface area contributed by atoms with Gasteiger partial charge in [-0.1, -0.05) is 11.8 Å². The van der Waals surface area contributed by atoms with Crippen LogP contribution in [0.2, 0.25) is 0 Å². The molecule has 3 aliphatic heterocycles. The first-order valence-electron chi connectivity index (χ1n) is 8.78. The number of benzene rings is 1. The Hall–Kier alpha value is -0.910. The van der Waals surface area contributed by atoms with Crippen molar-refractivity contribution < 1.29 is 9.47 Å². The molecule has 4 nitrogen and oxygen atoms in total. The summed E-state index contributed by atoms with van der Waals surface area (Å²) in [5.74, 6) is 1.73. The summed E-state index contributed by atoms with van der Waals surface area (Å²) in [4.78, 5) is 4.13. The van der Waals surface area contributed by atoms with Crippen LogP contribution in [-0.2, 0) is 4.74 Å². The van der Waals surface area contributed by atoms with E-state index in [1.807, 2.05) is 0 Å². The van der Waals surface area contributed by atoms with Gasteiger partial charge in [-0.3, -0.25) is 0 Å². The standard InChI is InChI=1S/C18H26N2O2S/c1-21-15-2-3-17-16(12-15)20(14-6-10-22-11-7-14)18(23-17)13-4-8-19-9-5-13/h2-3,12-14,18-19H,4-11H2,1H3. The number of anilines is 1. The number of thioether (sulfide) groups is 1. The molecule has 1 aromatic carbocycles. The van der Waals surface area contributed by atoms with Crippen LogP contribution in [0.5, 0.6) is 5.75 Å². The predicted molar refractivity (Wildman–Crippen MR) is 94.6 cm³/mol. The fraction of sp³-hybridized carbons (Fsp3) is 0.667. The van der Waals surface area contributed by atoms with Gasteiger partial charge in [0, 0.05) is 30.2 Å². The van der Waals surface area contributed by atoms with Gasteiger partial charge in [0.25, 0.3) is 0 Å². The predicted octanol–water partition coefficient (Wildman–Crippen LogP) is 3.11. The molecule has 5 heteroatoms. The fourth-order valence-electron chi connectivity index (χ4n) is 4.07. The van der Waals surface area contributed by atoms with E-state index >= 15 is 0 Å². The molecule has 2 saturated heterocycles. The molecule has 3 aliphatic rings. The normalized spacial score (nSPS) is 26.3. The summed E-state index contributed by atoms with van der Waals surface area (Å²) < 4.78 is 11.1. The maximum absolute atomic E-state index is 5.60. The van der Waals surface area contributed by atoms with Crippen molar-refractivity contribution in [2.75, 3.05) is 38.3 Å². The molecule has 126 valence electrons. The minimum absolute atomic E-state index is 0.572. The van der Waals surface area contributed by atoms with Crippen molar-refractivity contribution in [2.24, 2.45) is 5.92 Å². The minimum atomic E-state index is 0.572. The Balaban J connectivity index is 1.65. The molecule has 0 aliphatic carbocycles. The second kappa shape index (κ2) is 6.91. The Morgan fingerprint density at radius 3 is 2.70 bits per heavy atom. The van der Waals surface area contributed by atoms with Crippen molar-refractivity contribution in [3.63, 3.8) is 0 Å². The summed E-state index contributed by atoms with van der Waals surface area (Å²) in [6.45, 7) is 4.10. The number of nitrogens with one attached hydrogen (secondary N) is 1. The van der Waals surface area contributed by atoms with Gasteiger partial charge >= 0.3 is 0 Å². The lowest BCUT2D eigenvalue weighted by atomic mass is 9.95. The summed E-state index contributed by atoms with van der Waals surface area (Å²) in [5.41, 5.74) is 1.38. The summed E-state index contributed by atoms with van der Waals surface area (Å²) in [6, 6.07) is 7.17. The minimum Gasteiger partial charge on any atom is -0.497 e. The second-order valence-electron chi connectivity index (χ2n) is 6.68. The molecule has 2 fully saturated rings. The van der Waals surface area contributed by atoms with Crippen LogP contribution in [0.15, 0.2) is 23.1 Å². The van der Waals surface area contributed by atoms with E-state index in [0.29, 0.717) is 11.4 Å². The molecule has 1 atom stereocenters. The molecule has 0 spiro atoms. The highest BCUT2D eigenvalue weighted by Gasteiger charge is 2.40. The number of fused-ring (bicyclic) bond motifs is 1. The maximum atomic E-state index is 5.60. The number of hydrogen-bond donors (Lipinski definition) is 1. The maximum Gasteiger partial charge on any atom is 0.121 e. The third-order valence-corrected chi connectivity index (χ3v) is 6.79. The van der Waals surface area contributed by atoms with Gasteiger partial charge in [0.2, 0.25) is 0 Å². The molecule has 1 aromatic rings. The monoisotopic (exact) mass is 334 g/mol. The van der Waals surface area contributed by atoms with Gasteiger partial charge in [-0.15, -0.1) is 0 Å². The number of rotatable bonds is 3. The first kappa shape index (κ1) is 15.6. The highest BCUT2D eigenvalue weighted by Crippen LogP contribution is 2.50. The van der Waals surface area contributed by atoms with E-state index in [0.717, 1.165) is 50.8 Å². The SMILES string of the molecule is COc1ccc2c(c1)N(C1CCOCC1)C(C1CCNCC1)S2. The number of nitrogens with zero attached hydrogens (tertiary/aromatic N) is 1. The van der Waals surface area contributed by atoms with Crippen LogP contribution in [0.25, 0.3) is 0 Å². The molecule has 23 heavy (non-hydrogen) atoms. The van der Waals surface area contributed by atoms with E-state index in [4.69, 9.17) is 9.47 Å². The van der Waals surface area contributed by atoms with Crippen molar-refractivity contribution >= 4 is 17.4 Å². The van der Waals surface area contributed by atoms with Gasteiger partial charge < -0.3 is 19.7 Å². The quantitative estimate of drug-likeness (QED) is 0.918. The van der Waals surface area contributed by atoms with E-state index in [9.17, 15) is 0 Å². The van der Waals surface area contributed by atoms with Crippen molar-refractivity contribution in [3.8, 4) is 5.75 Å². The summed E-state index contributed by atoms with van der Waals surface area (Å²) >= 11 is 2.07. The van der Waals surface area contributed by atoms with Crippen LogP contribution in [0, 0.1) is 5.92 Å². The molecule has 0 aromatic heterocycles. The summed E-state index contributed by atoms with van der Waals surface area (Å²) in [6.07, 6.45) is 4.84. The molecule has 0 saturated carbocycles. The van der Waals surface area contributed by atoms with Crippen LogP contribution in [0.3, 0.4) is 0 Å². The smallest absolute Gasteiger partial charge is 0.121 e. The Kier molecular flexibility index (Phi) is 4.69. The average Bonchev–Trinajstić information content (AvgIpc) is 3.01. The highest BCUT2D eigenvalue weighted by molar-refractivity contribution is 8.00. The summed E-state index contributed by atoms with van der Waals surface area (Å²) in [7, 11) is 1.76. The Morgan fingerprint density at radius 2 is 1.96 bits per heavy atom. The van der Waals surface area contributed by atoms with Gasteiger partial charge in [-0.2, -0.15) is 0 Å². The van der Waals surface area contributed by atoms with E-state index in [1.165, 1.54) is 23.4 Å². The van der Waals surface area contributed by atoms with Gasteiger partial charge in [0.15, 0.2) is 0 Å². The number of hydrogen-bond acceptors (Lipinski definition) is 5. The van der Waals surface area contributed by atoms with Crippen molar-refractivity contribution in [1.29, 1.82) is 0 Å². The lowest BCUT2D eigenvalue weighted by Gasteiger charge is -2.41. The van der Waals surface area contributed by atoms with Crippen LogP contribution in [0.4, 0.5) is 5.69 Å². The Bertz CT molecular complexity index is 542. The van der Waals surface area contributed by atoms with Crippen molar-refractivity contribution in [2.45, 2.75) is 42.0 Å². The van der Waals surface area contributed by atoms with E-state index in [1.54, 1.807) is 7.11 Å². The molecular formula is C18H26N2O2S. The van der Waals surface area contributed by atoms with Crippen LogP contribution in [0.1, 0.15) is 25.7 Å². The summed E-state index contributed by atoms with van der Waals surface area (Å²) in [5, 5.41) is 4.08. The second-order valence-corrected chi connectivity index (χ2v) is 7.84. The van der Waals surface area contributed by atoms with E-state index < -0.39 is 0 Å². The number of ether oxygens (including phenoxy) is 2. The Labute approximate surface area is 142 Å².